The fourth-order valence-electron chi connectivity index (χ4n) is 2.10. The zero-order chi connectivity index (χ0) is 17.9. The van der Waals surface area contributed by atoms with Crippen molar-refractivity contribution in [2.75, 3.05) is 5.32 Å². The fourth-order valence-corrected chi connectivity index (χ4v) is 2.36. The van der Waals surface area contributed by atoms with Gasteiger partial charge < -0.3 is 9.84 Å². The molecule has 2 heterocycles. The molecule has 0 radical (unpaired) electrons. The second-order valence-corrected chi connectivity index (χ2v) is 6.60. The van der Waals surface area contributed by atoms with E-state index in [0.29, 0.717) is 22.6 Å². The van der Waals surface area contributed by atoms with Gasteiger partial charge in [0, 0.05) is 18.0 Å². The Morgan fingerprint density at radius 1 is 1.25 bits per heavy atom. The molecule has 0 fully saturated rings. The van der Waals surface area contributed by atoms with Gasteiger partial charge in [0.25, 0.3) is 0 Å². The Bertz CT molecular complexity index is 785. The number of thiocarbonyl (C=S) groups is 1. The Balaban J connectivity index is 2.34. The Kier molecular flexibility index (Phi) is 5.14. The van der Waals surface area contributed by atoms with Crippen molar-refractivity contribution in [1.29, 1.82) is 0 Å². The summed E-state index contributed by atoms with van der Waals surface area (Å²) in [7, 11) is 0. The summed E-state index contributed by atoms with van der Waals surface area (Å²) >= 11 is 4.91. The first-order chi connectivity index (χ1) is 11.2. The van der Waals surface area contributed by atoms with Crippen LogP contribution in [0.15, 0.2) is 30.6 Å². The summed E-state index contributed by atoms with van der Waals surface area (Å²) < 4.78 is 5.20. The molecule has 0 aromatic carbocycles. The fraction of sp³-hybridized carbons (Fsp3) is 0.294. The molecule has 0 unspecified atom stereocenters. The number of aliphatic hydroxyl groups excluding tert-OH is 1. The van der Waals surface area contributed by atoms with E-state index in [2.05, 4.69) is 15.3 Å². The summed E-state index contributed by atoms with van der Waals surface area (Å²) in [4.78, 5) is 20.2. The number of aryl methyl sites for hydroxylation is 1. The van der Waals surface area contributed by atoms with Crippen molar-refractivity contribution >= 4 is 29.2 Å². The highest BCUT2D eigenvalue weighted by Crippen LogP contribution is 2.25. The van der Waals surface area contributed by atoms with E-state index in [9.17, 15) is 9.90 Å². The maximum Gasteiger partial charge on any atom is 0.413 e. The van der Waals surface area contributed by atoms with Crippen molar-refractivity contribution in [3.8, 4) is 11.3 Å². The van der Waals surface area contributed by atoms with Crippen molar-refractivity contribution < 1.29 is 14.6 Å². The van der Waals surface area contributed by atoms with E-state index in [1.807, 2.05) is 6.92 Å². The van der Waals surface area contributed by atoms with E-state index >= 15 is 0 Å². The van der Waals surface area contributed by atoms with Crippen LogP contribution in [0.5, 0.6) is 0 Å². The molecule has 2 aromatic rings. The van der Waals surface area contributed by atoms with Crippen LogP contribution >= 0.6 is 12.2 Å². The number of rotatable bonds is 3. The van der Waals surface area contributed by atoms with Gasteiger partial charge in [-0.05, 0) is 63.7 Å². The average Bonchev–Trinajstić information content (AvgIpc) is 2.44. The first-order valence-electron chi connectivity index (χ1n) is 7.33. The number of nitrogens with one attached hydrogen (secondary N) is 1. The molecule has 0 spiro atoms. The van der Waals surface area contributed by atoms with Gasteiger partial charge in [-0.1, -0.05) is 0 Å². The molecule has 126 valence electrons. The number of carbonyl (C=O) groups excluding carboxylic acids is 1. The third kappa shape index (κ3) is 4.48. The molecular weight excluding hydrogens is 326 g/mol. The lowest BCUT2D eigenvalue weighted by Crippen LogP contribution is -2.27. The lowest BCUT2D eigenvalue weighted by Gasteiger charge is -2.19. The molecule has 24 heavy (non-hydrogen) atoms. The lowest BCUT2D eigenvalue weighted by atomic mass is 10.0. The molecule has 0 saturated heterocycles. The molecule has 0 aliphatic carbocycles. The lowest BCUT2D eigenvalue weighted by molar-refractivity contribution is 0.0635. The van der Waals surface area contributed by atoms with Crippen LogP contribution in [0.2, 0.25) is 0 Å². The summed E-state index contributed by atoms with van der Waals surface area (Å²) in [6.07, 6.45) is 2.58. The van der Waals surface area contributed by atoms with Gasteiger partial charge in [0.15, 0.2) is 5.05 Å². The number of hydrogen-bond donors (Lipinski definition) is 2. The number of amides is 1. The van der Waals surface area contributed by atoms with Crippen molar-refractivity contribution in [2.24, 2.45) is 0 Å². The Morgan fingerprint density at radius 3 is 2.54 bits per heavy atom. The predicted molar refractivity (Wildman–Crippen MR) is 96.4 cm³/mol. The maximum absolute atomic E-state index is 11.9. The molecule has 6 nitrogen and oxygen atoms in total. The van der Waals surface area contributed by atoms with Crippen LogP contribution < -0.4 is 5.32 Å². The second kappa shape index (κ2) is 6.92. The van der Waals surface area contributed by atoms with Gasteiger partial charge >= 0.3 is 6.09 Å². The molecule has 2 N–H and O–H groups in total. The maximum atomic E-state index is 11.9. The van der Waals surface area contributed by atoms with E-state index < -0.39 is 11.7 Å². The van der Waals surface area contributed by atoms with Gasteiger partial charge in [0.2, 0.25) is 0 Å². The number of pyridine rings is 2. The molecule has 2 rings (SSSR count). The van der Waals surface area contributed by atoms with E-state index in [-0.39, 0.29) is 5.05 Å². The second-order valence-electron chi connectivity index (χ2n) is 6.21. The minimum Gasteiger partial charge on any atom is -0.498 e. The number of anilines is 1. The van der Waals surface area contributed by atoms with Crippen molar-refractivity contribution in [1.82, 2.24) is 9.97 Å². The summed E-state index contributed by atoms with van der Waals surface area (Å²) in [5, 5.41) is 12.1. The third-order valence-corrected chi connectivity index (χ3v) is 3.24. The standard InChI is InChI=1S/C17H19N3O3S/c1-10-5-7-19-14(13(10)15(21)24)11-6-8-18-12(9-11)20-16(22)23-17(2,3)4/h5-9H,1-4H3,(H,21,24)(H,18,20,22). The van der Waals surface area contributed by atoms with E-state index in [4.69, 9.17) is 17.0 Å². The van der Waals surface area contributed by atoms with Gasteiger partial charge in [0.1, 0.15) is 11.4 Å². The molecule has 1 amide bonds. The van der Waals surface area contributed by atoms with Gasteiger partial charge in [-0.15, -0.1) is 0 Å². The number of nitrogens with zero attached hydrogens (tertiary/aromatic N) is 2. The molecule has 0 aliphatic rings. The van der Waals surface area contributed by atoms with Gasteiger partial charge in [0.05, 0.1) is 11.3 Å². The first-order valence-corrected chi connectivity index (χ1v) is 7.73. The number of ether oxygens (including phenoxy) is 1. The summed E-state index contributed by atoms with van der Waals surface area (Å²) in [6, 6.07) is 5.14. The van der Waals surface area contributed by atoms with Crippen molar-refractivity contribution in [3.05, 3.63) is 41.7 Å². The highest BCUT2D eigenvalue weighted by Gasteiger charge is 2.18. The minimum absolute atomic E-state index is 0.228. The largest absolute Gasteiger partial charge is 0.498 e. The van der Waals surface area contributed by atoms with Crippen LogP contribution in [0.25, 0.3) is 11.3 Å². The van der Waals surface area contributed by atoms with Crippen LogP contribution in [0.3, 0.4) is 0 Å². The van der Waals surface area contributed by atoms with Crippen LogP contribution in [0, 0.1) is 6.92 Å². The summed E-state index contributed by atoms with van der Waals surface area (Å²) in [5.41, 5.74) is 1.90. The molecule has 0 saturated carbocycles. The third-order valence-electron chi connectivity index (χ3n) is 3.04. The van der Waals surface area contributed by atoms with Crippen LogP contribution in [-0.4, -0.2) is 31.8 Å². The van der Waals surface area contributed by atoms with Gasteiger partial charge in [-0.3, -0.25) is 10.3 Å². The number of aromatic nitrogens is 2. The number of hydrogen-bond acceptors (Lipinski definition) is 5. The van der Waals surface area contributed by atoms with E-state index in [0.717, 1.165) is 5.56 Å². The molecular formula is C17H19N3O3S. The summed E-state index contributed by atoms with van der Waals surface area (Å²) in [5.74, 6) is 0.319. The summed E-state index contributed by atoms with van der Waals surface area (Å²) in [6.45, 7) is 7.18. The zero-order valence-corrected chi connectivity index (χ0v) is 14.8. The van der Waals surface area contributed by atoms with Crippen molar-refractivity contribution in [2.45, 2.75) is 33.3 Å². The molecule has 7 heteroatoms. The quantitative estimate of drug-likeness (QED) is 0.817. The SMILES string of the molecule is Cc1ccnc(-c2ccnc(NC(=O)OC(C)(C)C)c2)c1C(O)=S. The van der Waals surface area contributed by atoms with Crippen LogP contribution in [-0.2, 0) is 4.74 Å². The van der Waals surface area contributed by atoms with Crippen LogP contribution in [0.1, 0.15) is 31.9 Å². The van der Waals surface area contributed by atoms with Crippen molar-refractivity contribution in [3.63, 3.8) is 0 Å². The number of aliphatic hydroxyl groups is 1. The van der Waals surface area contributed by atoms with Crippen LogP contribution in [0.4, 0.5) is 10.6 Å². The highest BCUT2D eigenvalue weighted by molar-refractivity contribution is 7.80. The smallest absolute Gasteiger partial charge is 0.413 e. The normalized spacial score (nSPS) is 11.0. The predicted octanol–water partition coefficient (Wildman–Crippen LogP) is 4.03. The van der Waals surface area contributed by atoms with Gasteiger partial charge in [-0.25, -0.2) is 9.78 Å². The Hall–Kier alpha value is -2.54. The minimum atomic E-state index is -0.601. The molecule has 0 bridgehead atoms. The average molecular weight is 345 g/mol. The Morgan fingerprint density at radius 2 is 1.92 bits per heavy atom. The van der Waals surface area contributed by atoms with Gasteiger partial charge in [-0.2, -0.15) is 0 Å². The Labute approximate surface area is 145 Å². The zero-order valence-electron chi connectivity index (χ0n) is 14.0. The molecule has 0 aliphatic heterocycles. The number of carbonyl (C=O) groups is 1. The topological polar surface area (TPSA) is 84.3 Å². The molecule has 0 atom stereocenters. The highest BCUT2D eigenvalue weighted by atomic mass is 32.1. The monoisotopic (exact) mass is 345 g/mol. The van der Waals surface area contributed by atoms with E-state index in [1.165, 1.54) is 6.20 Å². The molecule has 2 aromatic heterocycles. The first kappa shape index (κ1) is 17.8. The van der Waals surface area contributed by atoms with E-state index in [1.54, 1.807) is 45.2 Å².